The first-order valence-electron chi connectivity index (χ1n) is 9.47. The second-order valence-electron chi connectivity index (χ2n) is 6.71. The van der Waals surface area contributed by atoms with Gasteiger partial charge in [-0.25, -0.2) is 0 Å². The number of hydrogen-bond donors (Lipinski definition) is 2. The molecule has 0 aromatic heterocycles. The number of likely N-dealkylation sites (N-methyl/N-ethyl adjacent to an activating group) is 1. The zero-order valence-electron chi connectivity index (χ0n) is 17.7. The summed E-state index contributed by atoms with van der Waals surface area (Å²) in [5.74, 6) is -2.19. The minimum Gasteiger partial charge on any atom is -0.480 e. The minimum absolute atomic E-state index is 0.163. The third-order valence-electron chi connectivity index (χ3n) is 4.22. The van der Waals surface area contributed by atoms with Gasteiger partial charge in [-0.1, -0.05) is 13.0 Å². The molecule has 3 amide bonds. The SMILES string of the molecule is C/C=C(/C)C(=O)N(CC(=O)O)C(C)=O.CCCNC(=O)CN1CCN(C)CC1. The van der Waals surface area contributed by atoms with E-state index in [1.165, 1.54) is 13.0 Å². The van der Waals surface area contributed by atoms with E-state index in [-0.39, 0.29) is 5.91 Å². The van der Waals surface area contributed by atoms with Crippen LogP contribution in [0.15, 0.2) is 11.6 Å². The van der Waals surface area contributed by atoms with E-state index in [9.17, 15) is 19.2 Å². The fraction of sp³-hybridized carbons (Fsp3) is 0.684. The van der Waals surface area contributed by atoms with Crippen LogP contribution in [0.3, 0.4) is 0 Å². The molecule has 0 aromatic carbocycles. The fourth-order valence-electron chi connectivity index (χ4n) is 2.33. The molecule has 0 aliphatic carbocycles. The van der Waals surface area contributed by atoms with Crippen molar-refractivity contribution < 1.29 is 24.3 Å². The normalized spacial score (nSPS) is 15.2. The van der Waals surface area contributed by atoms with Crippen molar-refractivity contribution in [1.82, 2.24) is 20.0 Å². The van der Waals surface area contributed by atoms with Crippen molar-refractivity contribution in [3.05, 3.63) is 11.6 Å². The summed E-state index contributed by atoms with van der Waals surface area (Å²) < 4.78 is 0. The van der Waals surface area contributed by atoms with Gasteiger partial charge in [-0.3, -0.25) is 29.0 Å². The topological polar surface area (TPSA) is 110 Å². The van der Waals surface area contributed by atoms with E-state index < -0.39 is 24.3 Å². The number of nitrogens with zero attached hydrogens (tertiary/aromatic N) is 3. The van der Waals surface area contributed by atoms with Gasteiger partial charge < -0.3 is 15.3 Å². The molecule has 1 heterocycles. The lowest BCUT2D eigenvalue weighted by atomic mass is 10.2. The van der Waals surface area contributed by atoms with Gasteiger partial charge in [-0.05, 0) is 27.3 Å². The van der Waals surface area contributed by atoms with Gasteiger partial charge in [0.25, 0.3) is 5.91 Å². The highest BCUT2D eigenvalue weighted by Gasteiger charge is 2.21. The van der Waals surface area contributed by atoms with E-state index in [2.05, 4.69) is 29.1 Å². The average molecular weight is 399 g/mol. The Morgan fingerprint density at radius 2 is 1.68 bits per heavy atom. The molecule has 1 saturated heterocycles. The number of hydrogen-bond acceptors (Lipinski definition) is 6. The number of piperazine rings is 1. The molecule has 0 radical (unpaired) electrons. The van der Waals surface area contributed by atoms with Gasteiger partial charge in [0.15, 0.2) is 0 Å². The number of carbonyl (C=O) groups is 4. The van der Waals surface area contributed by atoms with Gasteiger partial charge in [0.2, 0.25) is 11.8 Å². The van der Waals surface area contributed by atoms with Gasteiger partial charge >= 0.3 is 5.97 Å². The molecule has 2 N–H and O–H groups in total. The van der Waals surface area contributed by atoms with Crippen molar-refractivity contribution in [2.75, 3.05) is 52.9 Å². The van der Waals surface area contributed by atoms with Crippen molar-refractivity contribution in [1.29, 1.82) is 0 Å². The first kappa shape index (κ1) is 25.7. The molecule has 160 valence electrons. The van der Waals surface area contributed by atoms with Crippen LogP contribution in [-0.4, -0.2) is 96.4 Å². The molecule has 1 aliphatic rings. The number of nitrogens with one attached hydrogen (secondary N) is 1. The number of carbonyl (C=O) groups excluding carboxylic acids is 3. The molecule has 9 heteroatoms. The standard InChI is InChI=1S/C10H21N3O.C9H13NO4/c1-3-4-11-10(14)9-13-7-5-12(2)6-8-13;1-4-6(2)9(14)10(7(3)11)5-8(12)13/h3-9H2,1-2H3,(H,11,14);4H,5H2,1-3H3,(H,12,13)/b;6-4-. The summed E-state index contributed by atoms with van der Waals surface area (Å²) >= 11 is 0. The van der Waals surface area contributed by atoms with Crippen LogP contribution in [0.2, 0.25) is 0 Å². The third-order valence-corrected chi connectivity index (χ3v) is 4.22. The minimum atomic E-state index is -1.21. The number of rotatable bonds is 7. The molecular formula is C19H34N4O5. The highest BCUT2D eigenvalue weighted by atomic mass is 16.4. The van der Waals surface area contributed by atoms with Crippen LogP contribution < -0.4 is 5.32 Å². The molecule has 28 heavy (non-hydrogen) atoms. The summed E-state index contributed by atoms with van der Waals surface area (Å²) in [6.45, 7) is 11.3. The van der Waals surface area contributed by atoms with Gasteiger partial charge in [0.05, 0.1) is 6.54 Å². The quantitative estimate of drug-likeness (QED) is 0.588. The zero-order valence-corrected chi connectivity index (χ0v) is 17.7. The van der Waals surface area contributed by atoms with Crippen molar-refractivity contribution >= 4 is 23.7 Å². The van der Waals surface area contributed by atoms with Crippen molar-refractivity contribution in [2.45, 2.75) is 34.1 Å². The Morgan fingerprint density at radius 3 is 2.11 bits per heavy atom. The molecule has 1 aliphatic heterocycles. The monoisotopic (exact) mass is 398 g/mol. The number of imide groups is 1. The Kier molecular flexibility index (Phi) is 12.7. The maximum Gasteiger partial charge on any atom is 0.323 e. The summed E-state index contributed by atoms with van der Waals surface area (Å²) in [6, 6.07) is 0. The average Bonchev–Trinajstić information content (AvgIpc) is 2.65. The van der Waals surface area contributed by atoms with Gasteiger partial charge in [-0.2, -0.15) is 0 Å². The smallest absolute Gasteiger partial charge is 0.323 e. The molecule has 0 saturated carbocycles. The summed E-state index contributed by atoms with van der Waals surface area (Å²) in [4.78, 5) is 49.3. The summed E-state index contributed by atoms with van der Waals surface area (Å²) in [5.41, 5.74) is 0.349. The van der Waals surface area contributed by atoms with Crippen LogP contribution in [0.4, 0.5) is 0 Å². The molecule has 9 nitrogen and oxygen atoms in total. The van der Waals surface area contributed by atoms with E-state index in [0.29, 0.717) is 17.0 Å². The Balaban J connectivity index is 0.000000521. The summed E-state index contributed by atoms with van der Waals surface area (Å²) in [6.07, 6.45) is 2.54. The van der Waals surface area contributed by atoms with Crippen LogP contribution in [0.1, 0.15) is 34.1 Å². The fourth-order valence-corrected chi connectivity index (χ4v) is 2.33. The van der Waals surface area contributed by atoms with Crippen LogP contribution in [0.5, 0.6) is 0 Å². The lowest BCUT2D eigenvalue weighted by Gasteiger charge is -2.31. The molecular weight excluding hydrogens is 364 g/mol. The lowest BCUT2D eigenvalue weighted by Crippen LogP contribution is -2.48. The van der Waals surface area contributed by atoms with Crippen LogP contribution in [-0.2, 0) is 19.2 Å². The van der Waals surface area contributed by atoms with E-state index in [1.807, 2.05) is 0 Å². The maximum atomic E-state index is 11.4. The largest absolute Gasteiger partial charge is 0.480 e. The maximum absolute atomic E-state index is 11.4. The van der Waals surface area contributed by atoms with Gasteiger partial charge in [0, 0.05) is 45.2 Å². The Morgan fingerprint density at radius 1 is 1.11 bits per heavy atom. The summed E-state index contributed by atoms with van der Waals surface area (Å²) in [7, 11) is 2.12. The molecule has 0 atom stereocenters. The highest BCUT2D eigenvalue weighted by Crippen LogP contribution is 2.01. The van der Waals surface area contributed by atoms with Crippen LogP contribution in [0.25, 0.3) is 0 Å². The van der Waals surface area contributed by atoms with E-state index in [4.69, 9.17) is 5.11 Å². The Hall–Kier alpha value is -2.26. The molecule has 1 rings (SSSR count). The first-order chi connectivity index (χ1) is 13.1. The highest BCUT2D eigenvalue weighted by molar-refractivity contribution is 6.04. The molecule has 0 aromatic rings. The second kappa shape index (κ2) is 13.8. The van der Waals surface area contributed by atoms with Gasteiger partial charge in [0.1, 0.15) is 6.54 Å². The molecule has 0 spiro atoms. The van der Waals surface area contributed by atoms with Gasteiger partial charge in [-0.15, -0.1) is 0 Å². The lowest BCUT2D eigenvalue weighted by molar-refractivity contribution is -0.150. The first-order valence-corrected chi connectivity index (χ1v) is 9.47. The molecule has 1 fully saturated rings. The number of allylic oxidation sites excluding steroid dienone is 1. The number of amides is 3. The number of carboxylic acid groups (broad SMARTS) is 1. The number of carboxylic acids is 1. The van der Waals surface area contributed by atoms with Crippen molar-refractivity contribution in [3.8, 4) is 0 Å². The third kappa shape index (κ3) is 10.8. The Labute approximate surface area is 167 Å². The van der Waals surface area contributed by atoms with E-state index >= 15 is 0 Å². The predicted octanol–water partition coefficient (Wildman–Crippen LogP) is 0.172. The van der Waals surface area contributed by atoms with E-state index in [1.54, 1.807) is 6.92 Å². The van der Waals surface area contributed by atoms with Crippen molar-refractivity contribution in [2.24, 2.45) is 0 Å². The molecule has 0 bridgehead atoms. The number of aliphatic carboxylic acids is 1. The van der Waals surface area contributed by atoms with Crippen LogP contribution >= 0.6 is 0 Å². The van der Waals surface area contributed by atoms with Crippen molar-refractivity contribution in [3.63, 3.8) is 0 Å². The molecule has 0 unspecified atom stereocenters. The summed E-state index contributed by atoms with van der Waals surface area (Å²) in [5, 5.41) is 11.4. The Bertz CT molecular complexity index is 569. The van der Waals surface area contributed by atoms with Crippen LogP contribution in [0, 0.1) is 0 Å². The second-order valence-corrected chi connectivity index (χ2v) is 6.71. The predicted molar refractivity (Wildman–Crippen MR) is 107 cm³/mol. The van der Waals surface area contributed by atoms with E-state index in [0.717, 1.165) is 46.1 Å². The zero-order chi connectivity index (χ0) is 21.7.